The molecule has 3 N–H and O–H groups in total. The SMILES string of the molecule is CC(C)CC(C)(CN)NC(=O)CCc1cccc(F)c1F. The Labute approximate surface area is 124 Å². The molecule has 0 spiro atoms. The molecular formula is C16H24F2N2O. The summed E-state index contributed by atoms with van der Waals surface area (Å²) in [6, 6.07) is 3.99. The highest BCUT2D eigenvalue weighted by Gasteiger charge is 2.25. The first-order valence-electron chi connectivity index (χ1n) is 7.21. The van der Waals surface area contributed by atoms with Crippen molar-refractivity contribution < 1.29 is 13.6 Å². The molecule has 0 heterocycles. The Morgan fingerprint density at radius 2 is 2.05 bits per heavy atom. The highest BCUT2D eigenvalue weighted by molar-refractivity contribution is 5.77. The summed E-state index contributed by atoms with van der Waals surface area (Å²) in [6.07, 6.45) is 1.04. The van der Waals surface area contributed by atoms with E-state index in [0.717, 1.165) is 12.5 Å². The van der Waals surface area contributed by atoms with Gasteiger partial charge in [-0.05, 0) is 37.3 Å². The molecule has 0 saturated carbocycles. The van der Waals surface area contributed by atoms with Crippen LogP contribution in [0, 0.1) is 17.6 Å². The van der Waals surface area contributed by atoms with Crippen molar-refractivity contribution in [2.24, 2.45) is 11.7 Å². The second-order valence-electron chi connectivity index (χ2n) is 6.12. The van der Waals surface area contributed by atoms with Crippen LogP contribution in [0.5, 0.6) is 0 Å². The van der Waals surface area contributed by atoms with Gasteiger partial charge in [0.1, 0.15) is 0 Å². The third kappa shape index (κ3) is 5.42. The molecule has 21 heavy (non-hydrogen) atoms. The number of carbonyl (C=O) groups is 1. The molecule has 0 aliphatic carbocycles. The van der Waals surface area contributed by atoms with Gasteiger partial charge in [-0.2, -0.15) is 0 Å². The lowest BCUT2D eigenvalue weighted by atomic mass is 9.90. The van der Waals surface area contributed by atoms with Crippen molar-refractivity contribution >= 4 is 5.91 Å². The summed E-state index contributed by atoms with van der Waals surface area (Å²) in [4.78, 5) is 12.0. The minimum Gasteiger partial charge on any atom is -0.350 e. The van der Waals surface area contributed by atoms with Crippen molar-refractivity contribution in [2.75, 3.05) is 6.54 Å². The Bertz CT molecular complexity index is 491. The van der Waals surface area contributed by atoms with E-state index in [1.165, 1.54) is 12.1 Å². The number of benzene rings is 1. The van der Waals surface area contributed by atoms with Crippen LogP contribution < -0.4 is 11.1 Å². The highest BCUT2D eigenvalue weighted by atomic mass is 19.2. The van der Waals surface area contributed by atoms with Crippen LogP contribution in [0.25, 0.3) is 0 Å². The highest BCUT2D eigenvalue weighted by Crippen LogP contribution is 2.17. The number of amides is 1. The maximum atomic E-state index is 13.5. The minimum atomic E-state index is -0.889. The predicted molar refractivity (Wildman–Crippen MR) is 79.7 cm³/mol. The first kappa shape index (κ1) is 17.6. The van der Waals surface area contributed by atoms with Crippen molar-refractivity contribution in [1.29, 1.82) is 0 Å². The normalized spacial score (nSPS) is 14.0. The van der Waals surface area contributed by atoms with Crippen molar-refractivity contribution in [2.45, 2.75) is 45.6 Å². The predicted octanol–water partition coefficient (Wildman–Crippen LogP) is 2.78. The molecule has 5 heteroatoms. The molecule has 0 bridgehead atoms. The molecule has 1 amide bonds. The number of halogens is 2. The Balaban J connectivity index is 2.59. The number of nitrogens with one attached hydrogen (secondary N) is 1. The van der Waals surface area contributed by atoms with Crippen molar-refractivity contribution in [3.63, 3.8) is 0 Å². The van der Waals surface area contributed by atoms with Crippen LogP contribution in [0.2, 0.25) is 0 Å². The van der Waals surface area contributed by atoms with Gasteiger partial charge in [0.15, 0.2) is 11.6 Å². The van der Waals surface area contributed by atoms with Gasteiger partial charge in [-0.25, -0.2) is 8.78 Å². The Hall–Kier alpha value is -1.49. The Kier molecular flexibility index (Phi) is 6.27. The van der Waals surface area contributed by atoms with E-state index in [2.05, 4.69) is 19.2 Å². The standard InChI is InChI=1S/C16H24F2N2O/c1-11(2)9-16(3,10-19)20-14(21)8-7-12-5-4-6-13(17)15(12)18/h4-6,11H,7-10,19H2,1-3H3,(H,20,21). The smallest absolute Gasteiger partial charge is 0.220 e. The van der Waals surface area contributed by atoms with Crippen LogP contribution in [0.15, 0.2) is 18.2 Å². The first-order chi connectivity index (χ1) is 9.77. The third-order valence-electron chi connectivity index (χ3n) is 3.40. The van der Waals surface area contributed by atoms with E-state index in [1.807, 2.05) is 6.92 Å². The van der Waals surface area contributed by atoms with Gasteiger partial charge in [-0.1, -0.05) is 26.0 Å². The fraction of sp³-hybridized carbons (Fsp3) is 0.562. The van der Waals surface area contributed by atoms with Crippen LogP contribution in [-0.4, -0.2) is 18.0 Å². The summed E-state index contributed by atoms with van der Waals surface area (Å²) in [6.45, 7) is 6.35. The van der Waals surface area contributed by atoms with Gasteiger partial charge in [0.2, 0.25) is 5.91 Å². The largest absolute Gasteiger partial charge is 0.350 e. The quantitative estimate of drug-likeness (QED) is 0.813. The van der Waals surface area contributed by atoms with Crippen LogP contribution in [0.4, 0.5) is 8.78 Å². The lowest BCUT2D eigenvalue weighted by Gasteiger charge is -2.31. The number of aryl methyl sites for hydroxylation is 1. The van der Waals surface area contributed by atoms with Gasteiger partial charge in [0.05, 0.1) is 0 Å². The van der Waals surface area contributed by atoms with Crippen LogP contribution in [0.1, 0.15) is 39.2 Å². The molecule has 1 aromatic rings. The second-order valence-corrected chi connectivity index (χ2v) is 6.12. The number of hydrogen-bond donors (Lipinski definition) is 2. The summed E-state index contributed by atoms with van der Waals surface area (Å²) in [5.41, 5.74) is 5.48. The molecule has 0 radical (unpaired) electrons. The van der Waals surface area contributed by atoms with Crippen LogP contribution in [-0.2, 0) is 11.2 Å². The molecule has 0 saturated heterocycles. The summed E-state index contributed by atoms with van der Waals surface area (Å²) in [5, 5.41) is 2.90. The van der Waals surface area contributed by atoms with Crippen molar-refractivity contribution in [3.8, 4) is 0 Å². The van der Waals surface area contributed by atoms with E-state index < -0.39 is 17.2 Å². The van der Waals surface area contributed by atoms with Gasteiger partial charge in [-0.3, -0.25) is 4.79 Å². The molecule has 1 atom stereocenters. The molecule has 1 aromatic carbocycles. The third-order valence-corrected chi connectivity index (χ3v) is 3.40. The molecule has 3 nitrogen and oxygen atoms in total. The van der Waals surface area contributed by atoms with Gasteiger partial charge >= 0.3 is 0 Å². The zero-order chi connectivity index (χ0) is 16.0. The van der Waals surface area contributed by atoms with E-state index >= 15 is 0 Å². The average molecular weight is 298 g/mol. The number of nitrogens with two attached hydrogens (primary N) is 1. The van der Waals surface area contributed by atoms with E-state index in [1.54, 1.807) is 0 Å². The number of rotatable bonds is 7. The summed E-state index contributed by atoms with van der Waals surface area (Å²) in [7, 11) is 0. The summed E-state index contributed by atoms with van der Waals surface area (Å²) >= 11 is 0. The maximum Gasteiger partial charge on any atom is 0.220 e. The summed E-state index contributed by atoms with van der Waals surface area (Å²) in [5.74, 6) is -1.57. The topological polar surface area (TPSA) is 55.1 Å². The lowest BCUT2D eigenvalue weighted by Crippen LogP contribution is -2.52. The fourth-order valence-electron chi connectivity index (χ4n) is 2.48. The van der Waals surface area contributed by atoms with E-state index in [9.17, 15) is 13.6 Å². The van der Waals surface area contributed by atoms with Crippen LogP contribution >= 0.6 is 0 Å². The Morgan fingerprint density at radius 1 is 1.38 bits per heavy atom. The molecule has 118 valence electrons. The van der Waals surface area contributed by atoms with Gasteiger partial charge in [0, 0.05) is 18.5 Å². The monoisotopic (exact) mass is 298 g/mol. The maximum absolute atomic E-state index is 13.5. The average Bonchev–Trinajstić information content (AvgIpc) is 2.39. The van der Waals surface area contributed by atoms with Crippen molar-refractivity contribution in [3.05, 3.63) is 35.4 Å². The summed E-state index contributed by atoms with van der Waals surface area (Å²) < 4.78 is 26.6. The molecule has 0 fully saturated rings. The molecule has 0 aromatic heterocycles. The first-order valence-corrected chi connectivity index (χ1v) is 7.21. The van der Waals surface area contributed by atoms with E-state index in [0.29, 0.717) is 12.5 Å². The van der Waals surface area contributed by atoms with Gasteiger partial charge in [-0.15, -0.1) is 0 Å². The van der Waals surface area contributed by atoms with Crippen LogP contribution in [0.3, 0.4) is 0 Å². The fourth-order valence-corrected chi connectivity index (χ4v) is 2.48. The van der Waals surface area contributed by atoms with Gasteiger partial charge < -0.3 is 11.1 Å². The van der Waals surface area contributed by atoms with Gasteiger partial charge in [0.25, 0.3) is 0 Å². The van der Waals surface area contributed by atoms with Crippen molar-refractivity contribution in [1.82, 2.24) is 5.32 Å². The zero-order valence-electron chi connectivity index (χ0n) is 12.9. The Morgan fingerprint density at radius 3 is 2.62 bits per heavy atom. The molecular weight excluding hydrogens is 274 g/mol. The zero-order valence-corrected chi connectivity index (χ0v) is 12.9. The molecule has 1 rings (SSSR count). The lowest BCUT2D eigenvalue weighted by molar-refractivity contribution is -0.122. The molecule has 1 unspecified atom stereocenters. The molecule has 0 aliphatic heterocycles. The van der Waals surface area contributed by atoms with E-state index in [4.69, 9.17) is 5.73 Å². The number of carbonyl (C=O) groups excluding carboxylic acids is 1. The van der Waals surface area contributed by atoms with E-state index in [-0.39, 0.29) is 24.3 Å². The second kappa shape index (κ2) is 7.50. The number of hydrogen-bond acceptors (Lipinski definition) is 2. The minimum absolute atomic E-state index is 0.105. The molecule has 0 aliphatic rings.